The van der Waals surface area contributed by atoms with E-state index >= 15 is 0 Å². The molecule has 1 amide bonds. The summed E-state index contributed by atoms with van der Waals surface area (Å²) >= 11 is 0. The van der Waals surface area contributed by atoms with Gasteiger partial charge < -0.3 is 15.6 Å². The highest BCUT2D eigenvalue weighted by Crippen LogP contribution is 2.31. The Labute approximate surface area is 176 Å². The van der Waals surface area contributed by atoms with Gasteiger partial charge in [-0.1, -0.05) is 60.7 Å². The van der Waals surface area contributed by atoms with Crippen LogP contribution in [0.5, 0.6) is 0 Å². The number of H-pyrrole nitrogens is 1. The summed E-state index contributed by atoms with van der Waals surface area (Å²) in [7, 11) is 0. The first kappa shape index (κ1) is 18.5. The van der Waals surface area contributed by atoms with Crippen LogP contribution in [0.25, 0.3) is 22.2 Å². The molecule has 1 aromatic heterocycles. The third-order valence-corrected chi connectivity index (χ3v) is 5.51. The molecule has 3 aromatic carbocycles. The molecule has 150 valence electrons. The van der Waals surface area contributed by atoms with Crippen molar-refractivity contribution in [2.75, 3.05) is 5.32 Å². The lowest BCUT2D eigenvalue weighted by molar-refractivity contribution is -0.120. The number of aromatic amines is 1. The maximum atomic E-state index is 12.4. The minimum absolute atomic E-state index is 0.102. The van der Waals surface area contributed by atoms with Crippen LogP contribution in [-0.4, -0.2) is 16.9 Å². The number of rotatable bonds is 7. The molecule has 4 aromatic rings. The van der Waals surface area contributed by atoms with Crippen molar-refractivity contribution in [3.8, 4) is 11.3 Å². The molecule has 1 saturated carbocycles. The predicted octanol–water partition coefficient (Wildman–Crippen LogP) is 5.27. The van der Waals surface area contributed by atoms with E-state index < -0.39 is 0 Å². The summed E-state index contributed by atoms with van der Waals surface area (Å²) in [5.74, 6) is 0.102. The number of carbonyl (C=O) groups excluding carboxylic acids is 1. The van der Waals surface area contributed by atoms with E-state index in [9.17, 15) is 4.79 Å². The number of benzene rings is 3. The van der Waals surface area contributed by atoms with E-state index in [0.29, 0.717) is 12.5 Å². The third kappa shape index (κ3) is 4.23. The number of anilines is 1. The van der Waals surface area contributed by atoms with Gasteiger partial charge in [-0.25, -0.2) is 0 Å². The van der Waals surface area contributed by atoms with E-state index in [1.807, 2.05) is 36.4 Å². The lowest BCUT2D eigenvalue weighted by Crippen LogP contribution is -2.26. The summed E-state index contributed by atoms with van der Waals surface area (Å²) in [5, 5.41) is 7.78. The molecule has 0 atom stereocenters. The Hall–Kier alpha value is -3.53. The molecular formula is C26H25N3O. The SMILES string of the molecule is O=C(Cc1cc(NCc2ccccc2)c2[nH]c(-c3ccccc3)cc2c1)NC1CC1. The average molecular weight is 396 g/mol. The molecule has 0 bridgehead atoms. The van der Waals surface area contributed by atoms with Gasteiger partial charge in [0, 0.05) is 23.7 Å². The summed E-state index contributed by atoms with van der Waals surface area (Å²) < 4.78 is 0. The molecule has 4 heteroatoms. The van der Waals surface area contributed by atoms with Crippen molar-refractivity contribution in [2.45, 2.75) is 31.8 Å². The highest BCUT2D eigenvalue weighted by atomic mass is 16.1. The van der Waals surface area contributed by atoms with E-state index in [1.54, 1.807) is 0 Å². The minimum atomic E-state index is 0.102. The molecule has 1 aliphatic rings. The predicted molar refractivity (Wildman–Crippen MR) is 122 cm³/mol. The maximum absolute atomic E-state index is 12.4. The number of carbonyl (C=O) groups is 1. The molecule has 0 aliphatic heterocycles. The van der Waals surface area contributed by atoms with E-state index in [4.69, 9.17) is 0 Å². The van der Waals surface area contributed by atoms with Crippen LogP contribution in [0.15, 0.2) is 78.9 Å². The number of hydrogen-bond donors (Lipinski definition) is 3. The van der Waals surface area contributed by atoms with Gasteiger partial charge in [0.25, 0.3) is 0 Å². The Morgan fingerprint density at radius 1 is 0.900 bits per heavy atom. The highest BCUT2D eigenvalue weighted by Gasteiger charge is 2.23. The second-order valence-corrected chi connectivity index (χ2v) is 8.01. The smallest absolute Gasteiger partial charge is 0.224 e. The molecule has 4 nitrogen and oxygen atoms in total. The van der Waals surface area contributed by atoms with Crippen molar-refractivity contribution in [1.82, 2.24) is 10.3 Å². The van der Waals surface area contributed by atoms with Crippen LogP contribution < -0.4 is 10.6 Å². The lowest BCUT2D eigenvalue weighted by atomic mass is 10.1. The number of amides is 1. The van der Waals surface area contributed by atoms with Gasteiger partial charge >= 0.3 is 0 Å². The van der Waals surface area contributed by atoms with Crippen molar-refractivity contribution in [3.05, 3.63) is 90.0 Å². The minimum Gasteiger partial charge on any atom is -0.379 e. The molecule has 0 saturated heterocycles. The van der Waals surface area contributed by atoms with Gasteiger partial charge in [-0.05, 0) is 47.7 Å². The van der Waals surface area contributed by atoms with Crippen LogP contribution in [0, 0.1) is 0 Å². The van der Waals surface area contributed by atoms with Crippen LogP contribution in [0.2, 0.25) is 0 Å². The molecular weight excluding hydrogens is 370 g/mol. The second kappa shape index (κ2) is 8.07. The molecule has 1 aliphatic carbocycles. The van der Waals surface area contributed by atoms with E-state index in [1.165, 1.54) is 5.56 Å². The molecule has 5 rings (SSSR count). The number of hydrogen-bond acceptors (Lipinski definition) is 2. The van der Waals surface area contributed by atoms with Gasteiger partial charge in [0.2, 0.25) is 5.91 Å². The van der Waals surface area contributed by atoms with Crippen LogP contribution in [0.3, 0.4) is 0 Å². The van der Waals surface area contributed by atoms with Gasteiger partial charge in [0.1, 0.15) is 0 Å². The first-order valence-electron chi connectivity index (χ1n) is 10.5. The van der Waals surface area contributed by atoms with Crippen LogP contribution >= 0.6 is 0 Å². The van der Waals surface area contributed by atoms with E-state index in [2.05, 4.69) is 58.1 Å². The summed E-state index contributed by atoms with van der Waals surface area (Å²) in [6.07, 6.45) is 2.61. The molecule has 0 spiro atoms. The van der Waals surface area contributed by atoms with Crippen molar-refractivity contribution < 1.29 is 4.79 Å². The average Bonchev–Trinajstić information content (AvgIpc) is 3.47. The second-order valence-electron chi connectivity index (χ2n) is 8.01. The zero-order chi connectivity index (χ0) is 20.3. The van der Waals surface area contributed by atoms with Crippen molar-refractivity contribution >= 4 is 22.5 Å². The van der Waals surface area contributed by atoms with Crippen molar-refractivity contribution in [3.63, 3.8) is 0 Å². The Balaban J connectivity index is 1.48. The Bertz CT molecular complexity index is 1160. The van der Waals surface area contributed by atoms with E-state index in [0.717, 1.165) is 52.8 Å². The molecule has 0 radical (unpaired) electrons. The van der Waals surface area contributed by atoms with Gasteiger partial charge in [0.05, 0.1) is 17.6 Å². The van der Waals surface area contributed by atoms with Gasteiger partial charge in [-0.3, -0.25) is 4.79 Å². The number of nitrogens with one attached hydrogen (secondary N) is 3. The first-order valence-corrected chi connectivity index (χ1v) is 10.5. The molecule has 0 unspecified atom stereocenters. The van der Waals surface area contributed by atoms with E-state index in [-0.39, 0.29) is 5.91 Å². The topological polar surface area (TPSA) is 56.9 Å². The van der Waals surface area contributed by atoms with Gasteiger partial charge in [-0.2, -0.15) is 0 Å². The quantitative estimate of drug-likeness (QED) is 0.399. The third-order valence-electron chi connectivity index (χ3n) is 5.51. The summed E-state index contributed by atoms with van der Waals surface area (Å²) in [6.45, 7) is 0.730. The zero-order valence-electron chi connectivity index (χ0n) is 16.8. The number of fused-ring (bicyclic) bond motifs is 1. The standard InChI is InChI=1S/C26H25N3O/c30-25(28-22-11-12-22)15-19-13-21-16-23(20-9-5-2-6-10-20)29-26(21)24(14-19)27-17-18-7-3-1-4-8-18/h1-10,13-14,16,22,27,29H,11-12,15,17H2,(H,28,30). The van der Waals surface area contributed by atoms with Crippen molar-refractivity contribution in [1.29, 1.82) is 0 Å². The fraction of sp³-hybridized carbons (Fsp3) is 0.192. The fourth-order valence-corrected chi connectivity index (χ4v) is 3.81. The molecule has 1 fully saturated rings. The van der Waals surface area contributed by atoms with Crippen molar-refractivity contribution in [2.24, 2.45) is 0 Å². The molecule has 30 heavy (non-hydrogen) atoms. The molecule has 3 N–H and O–H groups in total. The maximum Gasteiger partial charge on any atom is 0.224 e. The van der Waals surface area contributed by atoms with Gasteiger partial charge in [-0.15, -0.1) is 0 Å². The Morgan fingerprint density at radius 2 is 1.63 bits per heavy atom. The normalized spacial score (nSPS) is 13.3. The van der Waals surface area contributed by atoms with Crippen LogP contribution in [-0.2, 0) is 17.8 Å². The Morgan fingerprint density at radius 3 is 2.37 bits per heavy atom. The monoisotopic (exact) mass is 395 g/mol. The Kier molecular flexibility index (Phi) is 4.98. The highest BCUT2D eigenvalue weighted by molar-refractivity contribution is 5.96. The van der Waals surface area contributed by atoms with Crippen LogP contribution in [0.4, 0.5) is 5.69 Å². The lowest BCUT2D eigenvalue weighted by Gasteiger charge is -2.11. The number of aromatic nitrogens is 1. The summed E-state index contributed by atoms with van der Waals surface area (Å²) in [6, 6.07) is 27.4. The fourth-order valence-electron chi connectivity index (χ4n) is 3.81. The summed E-state index contributed by atoms with van der Waals surface area (Å²) in [4.78, 5) is 16.0. The van der Waals surface area contributed by atoms with Crippen LogP contribution in [0.1, 0.15) is 24.0 Å². The van der Waals surface area contributed by atoms with Gasteiger partial charge in [0.15, 0.2) is 0 Å². The largest absolute Gasteiger partial charge is 0.379 e. The molecule has 1 heterocycles. The zero-order valence-corrected chi connectivity index (χ0v) is 16.8. The first-order chi connectivity index (χ1) is 14.7. The summed E-state index contributed by atoms with van der Waals surface area (Å²) in [5.41, 5.74) is 6.56.